The number of anilines is 1. The molecule has 128 valence electrons. The highest BCUT2D eigenvalue weighted by molar-refractivity contribution is 5.61. The number of nitrogens with one attached hydrogen (secondary N) is 1. The molecule has 3 aromatic rings. The molecule has 0 amide bonds. The Bertz CT molecular complexity index is 807. The lowest BCUT2D eigenvalue weighted by Gasteiger charge is -2.09. The summed E-state index contributed by atoms with van der Waals surface area (Å²) in [5, 5.41) is 3.32. The Morgan fingerprint density at radius 3 is 2.52 bits per heavy atom. The Morgan fingerprint density at radius 2 is 1.84 bits per heavy atom. The largest absolute Gasteiger partial charge is 0.497 e. The summed E-state index contributed by atoms with van der Waals surface area (Å²) in [6, 6.07) is 14.1. The highest BCUT2D eigenvalue weighted by atomic mass is 16.5. The van der Waals surface area contributed by atoms with Crippen molar-refractivity contribution >= 4 is 5.82 Å². The van der Waals surface area contributed by atoms with E-state index < -0.39 is 0 Å². The van der Waals surface area contributed by atoms with Gasteiger partial charge in [-0.15, -0.1) is 0 Å². The minimum atomic E-state index is 0.327. The van der Waals surface area contributed by atoms with E-state index in [0.717, 1.165) is 35.8 Å². The molecule has 0 spiro atoms. The topological polar surface area (TPSA) is 69.2 Å². The molecule has 0 bridgehead atoms. The van der Waals surface area contributed by atoms with Gasteiger partial charge < -0.3 is 14.8 Å². The Labute approximate surface area is 146 Å². The Balaban J connectivity index is 1.69. The second-order valence-corrected chi connectivity index (χ2v) is 5.39. The van der Waals surface area contributed by atoms with Crippen LogP contribution in [-0.2, 0) is 6.42 Å². The van der Waals surface area contributed by atoms with Crippen molar-refractivity contribution in [3.8, 4) is 23.0 Å². The predicted octanol–water partition coefficient (Wildman–Crippen LogP) is 3.21. The van der Waals surface area contributed by atoms with Crippen LogP contribution in [0.25, 0.3) is 11.3 Å². The number of ether oxygens (including phenoxy) is 2. The predicted molar refractivity (Wildman–Crippen MR) is 97.0 cm³/mol. The quantitative estimate of drug-likeness (QED) is 0.714. The molecule has 0 saturated carbocycles. The second kappa shape index (κ2) is 8.10. The van der Waals surface area contributed by atoms with Crippen molar-refractivity contribution < 1.29 is 9.47 Å². The number of hydrogen-bond donors (Lipinski definition) is 1. The van der Waals surface area contributed by atoms with Gasteiger partial charge in [-0.1, -0.05) is 12.1 Å². The first-order valence-electron chi connectivity index (χ1n) is 7.99. The molecule has 0 unspecified atom stereocenters. The van der Waals surface area contributed by atoms with Crippen molar-refractivity contribution in [2.45, 2.75) is 6.42 Å². The molecular formula is C19H20N4O2. The zero-order valence-electron chi connectivity index (χ0n) is 14.3. The molecule has 0 atom stereocenters. The van der Waals surface area contributed by atoms with E-state index >= 15 is 0 Å². The first-order chi connectivity index (χ1) is 12.3. The number of pyridine rings is 1. The van der Waals surface area contributed by atoms with Crippen LogP contribution in [0.1, 0.15) is 5.56 Å². The molecule has 0 aliphatic carbocycles. The van der Waals surface area contributed by atoms with Gasteiger partial charge >= 0.3 is 6.01 Å². The van der Waals surface area contributed by atoms with Crippen LogP contribution in [0.5, 0.6) is 11.8 Å². The summed E-state index contributed by atoms with van der Waals surface area (Å²) in [5.41, 5.74) is 2.91. The van der Waals surface area contributed by atoms with Crippen molar-refractivity contribution in [1.29, 1.82) is 0 Å². The van der Waals surface area contributed by atoms with E-state index in [4.69, 9.17) is 9.47 Å². The molecule has 6 heteroatoms. The summed E-state index contributed by atoms with van der Waals surface area (Å²) in [6.45, 7) is 0.749. The lowest BCUT2D eigenvalue weighted by molar-refractivity contribution is 0.381. The lowest BCUT2D eigenvalue weighted by atomic mass is 10.1. The maximum absolute atomic E-state index is 5.21. The number of rotatable bonds is 7. The third-order valence-electron chi connectivity index (χ3n) is 3.72. The zero-order chi connectivity index (χ0) is 17.5. The van der Waals surface area contributed by atoms with E-state index in [1.54, 1.807) is 26.6 Å². The van der Waals surface area contributed by atoms with Crippen molar-refractivity contribution in [2.24, 2.45) is 0 Å². The fourth-order valence-electron chi connectivity index (χ4n) is 2.40. The zero-order valence-corrected chi connectivity index (χ0v) is 14.3. The minimum Gasteiger partial charge on any atom is -0.497 e. The van der Waals surface area contributed by atoms with Crippen molar-refractivity contribution in [3.05, 3.63) is 60.4 Å². The molecule has 6 nitrogen and oxygen atoms in total. The first-order valence-corrected chi connectivity index (χ1v) is 7.99. The van der Waals surface area contributed by atoms with E-state index in [2.05, 4.69) is 32.4 Å². The standard InChI is InChI=1S/C19H20N4O2/c1-24-16-7-5-14(6-8-16)9-11-21-18-12-17(22-19(23-18)25-2)15-4-3-10-20-13-15/h3-8,10,12-13H,9,11H2,1-2H3,(H,21,22,23). The van der Waals surface area contributed by atoms with Gasteiger partial charge in [0.15, 0.2) is 0 Å². The van der Waals surface area contributed by atoms with Gasteiger partial charge in [-0.3, -0.25) is 4.98 Å². The molecule has 2 heterocycles. The maximum Gasteiger partial charge on any atom is 0.318 e. The molecule has 25 heavy (non-hydrogen) atoms. The number of nitrogens with zero attached hydrogens (tertiary/aromatic N) is 3. The number of methoxy groups -OCH3 is 2. The molecule has 1 N–H and O–H groups in total. The average molecular weight is 336 g/mol. The summed E-state index contributed by atoms with van der Waals surface area (Å²) in [7, 11) is 3.22. The van der Waals surface area contributed by atoms with Crippen molar-refractivity contribution in [3.63, 3.8) is 0 Å². The van der Waals surface area contributed by atoms with E-state index in [0.29, 0.717) is 6.01 Å². The number of benzene rings is 1. The Kier molecular flexibility index (Phi) is 5.41. The molecule has 0 radical (unpaired) electrons. The molecule has 0 aliphatic heterocycles. The monoisotopic (exact) mass is 336 g/mol. The van der Waals surface area contributed by atoms with E-state index in [-0.39, 0.29) is 0 Å². The highest BCUT2D eigenvalue weighted by Gasteiger charge is 2.07. The summed E-state index contributed by atoms with van der Waals surface area (Å²) in [4.78, 5) is 12.9. The lowest BCUT2D eigenvalue weighted by Crippen LogP contribution is -2.08. The Hall–Kier alpha value is -3.15. The SMILES string of the molecule is COc1ccc(CCNc2cc(-c3cccnc3)nc(OC)n2)cc1. The first kappa shape index (κ1) is 16.7. The van der Waals surface area contributed by atoms with Crippen LogP contribution < -0.4 is 14.8 Å². The molecule has 0 saturated heterocycles. The number of hydrogen-bond acceptors (Lipinski definition) is 6. The van der Waals surface area contributed by atoms with Gasteiger partial charge in [0.25, 0.3) is 0 Å². The fourth-order valence-corrected chi connectivity index (χ4v) is 2.40. The fraction of sp³-hybridized carbons (Fsp3) is 0.211. The summed E-state index contributed by atoms with van der Waals surface area (Å²) in [6.07, 6.45) is 4.37. The normalized spacial score (nSPS) is 10.3. The Morgan fingerprint density at radius 1 is 1.00 bits per heavy atom. The van der Waals surface area contributed by atoms with Crippen LogP contribution in [-0.4, -0.2) is 35.7 Å². The molecule has 1 aromatic carbocycles. The van der Waals surface area contributed by atoms with Crippen LogP contribution in [0.3, 0.4) is 0 Å². The summed E-state index contributed by atoms with van der Waals surface area (Å²) < 4.78 is 10.4. The van der Waals surface area contributed by atoms with Gasteiger partial charge in [-0.25, -0.2) is 0 Å². The van der Waals surface area contributed by atoms with Crippen LogP contribution in [0, 0.1) is 0 Å². The summed E-state index contributed by atoms with van der Waals surface area (Å²) in [5.74, 6) is 1.58. The maximum atomic E-state index is 5.21. The van der Waals surface area contributed by atoms with Crippen molar-refractivity contribution in [2.75, 3.05) is 26.1 Å². The van der Waals surface area contributed by atoms with Gasteiger partial charge in [0, 0.05) is 30.6 Å². The van der Waals surface area contributed by atoms with Gasteiger partial charge in [0.05, 0.1) is 19.9 Å². The molecule has 3 rings (SSSR count). The third kappa shape index (κ3) is 4.44. The average Bonchev–Trinajstić information content (AvgIpc) is 2.69. The van der Waals surface area contributed by atoms with Gasteiger partial charge in [-0.05, 0) is 36.2 Å². The number of aromatic nitrogens is 3. The van der Waals surface area contributed by atoms with Gasteiger partial charge in [-0.2, -0.15) is 9.97 Å². The molecule has 0 aliphatic rings. The van der Waals surface area contributed by atoms with Crippen LogP contribution in [0.15, 0.2) is 54.9 Å². The van der Waals surface area contributed by atoms with E-state index in [1.165, 1.54) is 5.56 Å². The highest BCUT2D eigenvalue weighted by Crippen LogP contribution is 2.21. The minimum absolute atomic E-state index is 0.327. The van der Waals surface area contributed by atoms with Crippen molar-refractivity contribution in [1.82, 2.24) is 15.0 Å². The second-order valence-electron chi connectivity index (χ2n) is 5.39. The van der Waals surface area contributed by atoms with Crippen LogP contribution >= 0.6 is 0 Å². The van der Waals surface area contributed by atoms with E-state index in [9.17, 15) is 0 Å². The summed E-state index contributed by atoms with van der Waals surface area (Å²) >= 11 is 0. The van der Waals surface area contributed by atoms with Gasteiger partial charge in [0.1, 0.15) is 11.6 Å². The van der Waals surface area contributed by atoms with E-state index in [1.807, 2.05) is 30.3 Å². The van der Waals surface area contributed by atoms with Crippen LogP contribution in [0.4, 0.5) is 5.82 Å². The molecule has 2 aromatic heterocycles. The smallest absolute Gasteiger partial charge is 0.318 e. The van der Waals surface area contributed by atoms with Crippen LogP contribution in [0.2, 0.25) is 0 Å². The molecule has 0 fully saturated rings. The third-order valence-corrected chi connectivity index (χ3v) is 3.72. The van der Waals surface area contributed by atoms with Gasteiger partial charge in [0.2, 0.25) is 0 Å². The molecular weight excluding hydrogens is 316 g/mol.